The van der Waals surface area contributed by atoms with Crippen LogP contribution in [0.4, 0.5) is 0 Å². The Hall–Kier alpha value is -2.31. The summed E-state index contributed by atoms with van der Waals surface area (Å²) in [7, 11) is 1.85. The van der Waals surface area contributed by atoms with Crippen molar-refractivity contribution < 1.29 is 4.79 Å². The molecule has 1 unspecified atom stereocenters. The Morgan fingerprint density at radius 3 is 2.95 bits per heavy atom. The van der Waals surface area contributed by atoms with Gasteiger partial charge in [0.25, 0.3) is 5.91 Å². The smallest absolute Gasteiger partial charge is 0.255 e. The fraction of sp³-hybridized carbons (Fsp3) is 0.500. The molecule has 3 rings (SSSR count). The molecule has 0 aromatic carbocycles. The maximum absolute atomic E-state index is 12.5. The third-order valence-corrected chi connectivity index (χ3v) is 4.10. The van der Waals surface area contributed by atoms with Gasteiger partial charge in [0.2, 0.25) is 0 Å². The van der Waals surface area contributed by atoms with Crippen molar-refractivity contribution in [1.29, 1.82) is 0 Å². The van der Waals surface area contributed by atoms with Crippen molar-refractivity contribution >= 4 is 5.91 Å². The molecule has 0 bridgehead atoms. The van der Waals surface area contributed by atoms with Crippen molar-refractivity contribution in [2.75, 3.05) is 7.05 Å². The lowest BCUT2D eigenvalue weighted by molar-refractivity contribution is 0.0715. The summed E-state index contributed by atoms with van der Waals surface area (Å²) in [5.41, 5.74) is 0.576. The topological polar surface area (TPSA) is 76.8 Å². The molecule has 21 heavy (non-hydrogen) atoms. The molecule has 3 heterocycles. The molecule has 2 aromatic heterocycles. The van der Waals surface area contributed by atoms with Gasteiger partial charge in [-0.2, -0.15) is 10.2 Å². The third-order valence-electron chi connectivity index (χ3n) is 4.10. The molecule has 0 fully saturated rings. The summed E-state index contributed by atoms with van der Waals surface area (Å²) >= 11 is 0. The summed E-state index contributed by atoms with van der Waals surface area (Å²) in [6.07, 6.45) is 5.71. The van der Waals surface area contributed by atoms with Crippen LogP contribution in [-0.2, 0) is 13.0 Å². The minimum atomic E-state index is -0.00992. The van der Waals surface area contributed by atoms with Gasteiger partial charge in [0, 0.05) is 26.1 Å². The van der Waals surface area contributed by atoms with Crippen molar-refractivity contribution in [2.45, 2.75) is 38.8 Å². The quantitative estimate of drug-likeness (QED) is 0.818. The molecular weight excluding hydrogens is 268 g/mol. The largest absolute Gasteiger partial charge is 0.339 e. The molecule has 0 aliphatic carbocycles. The number of aryl methyl sites for hydroxylation is 2. The Morgan fingerprint density at radius 1 is 1.33 bits per heavy atom. The second-order valence-electron chi connectivity index (χ2n) is 5.34. The van der Waals surface area contributed by atoms with Crippen molar-refractivity contribution in [2.24, 2.45) is 0 Å². The van der Waals surface area contributed by atoms with Gasteiger partial charge in [-0.1, -0.05) is 0 Å². The van der Waals surface area contributed by atoms with Crippen LogP contribution in [0.25, 0.3) is 0 Å². The van der Waals surface area contributed by atoms with E-state index in [4.69, 9.17) is 0 Å². The van der Waals surface area contributed by atoms with E-state index in [1.807, 2.05) is 18.9 Å². The van der Waals surface area contributed by atoms with E-state index in [-0.39, 0.29) is 11.9 Å². The van der Waals surface area contributed by atoms with E-state index in [0.717, 1.165) is 37.5 Å². The highest BCUT2D eigenvalue weighted by molar-refractivity contribution is 5.93. The van der Waals surface area contributed by atoms with Crippen LogP contribution < -0.4 is 0 Å². The van der Waals surface area contributed by atoms with Crippen molar-refractivity contribution in [3.8, 4) is 0 Å². The number of carbonyl (C=O) groups is 1. The van der Waals surface area contributed by atoms with Crippen LogP contribution >= 0.6 is 0 Å². The molecule has 1 aliphatic rings. The average Bonchev–Trinajstić information content (AvgIpc) is 2.75. The van der Waals surface area contributed by atoms with Crippen molar-refractivity contribution in [3.63, 3.8) is 0 Å². The molecule has 7 nitrogen and oxygen atoms in total. The number of nitrogens with zero attached hydrogens (tertiary/aromatic N) is 6. The van der Waals surface area contributed by atoms with E-state index in [1.54, 1.807) is 12.3 Å². The number of carbonyl (C=O) groups excluding carboxylic acids is 1. The molecule has 0 saturated carbocycles. The van der Waals surface area contributed by atoms with E-state index in [1.165, 1.54) is 6.20 Å². The van der Waals surface area contributed by atoms with E-state index in [0.29, 0.717) is 5.56 Å². The molecule has 1 atom stereocenters. The van der Waals surface area contributed by atoms with Gasteiger partial charge in [0.15, 0.2) is 0 Å². The molecule has 2 aromatic rings. The summed E-state index contributed by atoms with van der Waals surface area (Å²) in [4.78, 5) is 14.3. The van der Waals surface area contributed by atoms with Gasteiger partial charge in [-0.15, -0.1) is 10.2 Å². The number of hydrogen-bond acceptors (Lipinski definition) is 5. The van der Waals surface area contributed by atoms with Crippen LogP contribution in [0.3, 0.4) is 0 Å². The Kier molecular flexibility index (Phi) is 3.64. The van der Waals surface area contributed by atoms with Crippen molar-refractivity contribution in [3.05, 3.63) is 35.7 Å². The van der Waals surface area contributed by atoms with Crippen LogP contribution in [0, 0.1) is 6.92 Å². The molecule has 0 spiro atoms. The highest BCUT2D eigenvalue weighted by Crippen LogP contribution is 2.19. The van der Waals surface area contributed by atoms with Gasteiger partial charge in [-0.25, -0.2) is 0 Å². The summed E-state index contributed by atoms with van der Waals surface area (Å²) in [5.74, 6) is 1.95. The van der Waals surface area contributed by atoms with Crippen LogP contribution in [0.2, 0.25) is 0 Å². The monoisotopic (exact) mass is 286 g/mol. The molecule has 0 radical (unpaired) electrons. The molecule has 1 amide bonds. The standard InChI is InChI=1S/C14H18N6O/c1-10-17-18-13-4-3-12(6-8-20(10)13)19(2)14(21)11-5-7-15-16-9-11/h5,7,9,12H,3-4,6,8H2,1-2H3. The van der Waals surface area contributed by atoms with Crippen LogP contribution in [0.1, 0.15) is 34.8 Å². The first-order chi connectivity index (χ1) is 10.2. The lowest BCUT2D eigenvalue weighted by Crippen LogP contribution is -2.37. The maximum Gasteiger partial charge on any atom is 0.255 e. The summed E-state index contributed by atoms with van der Waals surface area (Å²) in [6, 6.07) is 1.90. The highest BCUT2D eigenvalue weighted by Gasteiger charge is 2.25. The van der Waals surface area contributed by atoms with Gasteiger partial charge in [0.1, 0.15) is 11.6 Å². The van der Waals surface area contributed by atoms with E-state index in [2.05, 4.69) is 25.0 Å². The Morgan fingerprint density at radius 2 is 2.19 bits per heavy atom. The molecular formula is C14H18N6O. The predicted molar refractivity (Wildman–Crippen MR) is 75.6 cm³/mol. The Balaban J connectivity index is 1.72. The van der Waals surface area contributed by atoms with Gasteiger partial charge in [-0.05, 0) is 25.8 Å². The van der Waals surface area contributed by atoms with Crippen LogP contribution in [0.15, 0.2) is 18.5 Å². The fourth-order valence-electron chi connectivity index (χ4n) is 2.79. The first-order valence-electron chi connectivity index (χ1n) is 7.09. The normalized spacial score (nSPS) is 17.9. The Bertz CT molecular complexity index is 638. The number of hydrogen-bond donors (Lipinski definition) is 0. The zero-order valence-corrected chi connectivity index (χ0v) is 12.2. The number of amides is 1. The fourth-order valence-corrected chi connectivity index (χ4v) is 2.79. The van der Waals surface area contributed by atoms with Crippen LogP contribution in [0.5, 0.6) is 0 Å². The number of fused-ring (bicyclic) bond motifs is 1. The Labute approximate surface area is 123 Å². The number of aromatic nitrogens is 5. The maximum atomic E-state index is 12.5. The van der Waals surface area contributed by atoms with Gasteiger partial charge >= 0.3 is 0 Å². The van der Waals surface area contributed by atoms with Crippen LogP contribution in [-0.4, -0.2) is 48.9 Å². The molecule has 110 valence electrons. The first kappa shape index (κ1) is 13.7. The third kappa shape index (κ3) is 2.63. The second kappa shape index (κ2) is 5.59. The summed E-state index contributed by atoms with van der Waals surface area (Å²) in [5, 5.41) is 15.8. The molecule has 0 saturated heterocycles. The predicted octanol–water partition coefficient (Wildman–Crippen LogP) is 0.854. The molecule has 7 heteroatoms. The number of rotatable bonds is 2. The summed E-state index contributed by atoms with van der Waals surface area (Å²) in [6.45, 7) is 2.82. The van der Waals surface area contributed by atoms with E-state index in [9.17, 15) is 4.79 Å². The van der Waals surface area contributed by atoms with Crippen molar-refractivity contribution in [1.82, 2.24) is 29.9 Å². The average molecular weight is 286 g/mol. The zero-order chi connectivity index (χ0) is 14.8. The minimum Gasteiger partial charge on any atom is -0.339 e. The van der Waals surface area contributed by atoms with Gasteiger partial charge < -0.3 is 9.47 Å². The molecule has 1 aliphatic heterocycles. The summed E-state index contributed by atoms with van der Waals surface area (Å²) < 4.78 is 2.15. The second-order valence-corrected chi connectivity index (χ2v) is 5.34. The van der Waals surface area contributed by atoms with Gasteiger partial charge in [0.05, 0.1) is 18.0 Å². The first-order valence-corrected chi connectivity index (χ1v) is 7.09. The van der Waals surface area contributed by atoms with E-state index < -0.39 is 0 Å². The van der Waals surface area contributed by atoms with Gasteiger partial charge in [-0.3, -0.25) is 4.79 Å². The zero-order valence-electron chi connectivity index (χ0n) is 12.2. The highest BCUT2D eigenvalue weighted by atomic mass is 16.2. The lowest BCUT2D eigenvalue weighted by atomic mass is 10.1. The minimum absolute atomic E-state index is 0.00992. The molecule has 0 N–H and O–H groups in total. The lowest BCUT2D eigenvalue weighted by Gasteiger charge is -2.27. The SMILES string of the molecule is Cc1nnc2n1CCC(N(C)C(=O)c1ccnnc1)CC2. The van der Waals surface area contributed by atoms with E-state index >= 15 is 0 Å².